The molecule has 0 unspecified atom stereocenters. The monoisotopic (exact) mass is 436 g/mol. The summed E-state index contributed by atoms with van der Waals surface area (Å²) >= 11 is 4.64. The molecule has 0 fully saturated rings. The Morgan fingerprint density at radius 3 is 2.92 bits per heavy atom. The van der Waals surface area contributed by atoms with E-state index in [1.807, 2.05) is 12.3 Å². The number of aromatic nitrogens is 2. The molecule has 1 aliphatic heterocycles. The van der Waals surface area contributed by atoms with Crippen LogP contribution in [0.2, 0.25) is 0 Å². The van der Waals surface area contributed by atoms with Crippen molar-refractivity contribution in [3.05, 3.63) is 32.6 Å². The molecular weight excluding hydrogens is 421 g/mol. The van der Waals surface area contributed by atoms with E-state index in [-0.39, 0.29) is 22.4 Å². The number of carbonyl (C=O) groups excluding carboxylic acids is 1. The van der Waals surface area contributed by atoms with E-state index in [9.17, 15) is 18.0 Å². The van der Waals surface area contributed by atoms with E-state index in [2.05, 4.69) is 31.7 Å². The van der Waals surface area contributed by atoms with E-state index in [1.165, 1.54) is 11.3 Å². The van der Waals surface area contributed by atoms with Gasteiger partial charge in [0.15, 0.2) is 11.7 Å². The van der Waals surface area contributed by atoms with Crippen molar-refractivity contribution >= 4 is 39.0 Å². The smallest absolute Gasteiger partial charge is 0.362 e. The van der Waals surface area contributed by atoms with Gasteiger partial charge in [0, 0.05) is 17.8 Å². The van der Waals surface area contributed by atoms with Gasteiger partial charge in [0.2, 0.25) is 0 Å². The highest BCUT2D eigenvalue weighted by atomic mass is 79.9. The summed E-state index contributed by atoms with van der Waals surface area (Å²) in [6.45, 7) is 2.32. The molecule has 0 aliphatic carbocycles. The number of nitrogens with one attached hydrogen (secondary N) is 2. The molecule has 0 bridgehead atoms. The van der Waals surface area contributed by atoms with Gasteiger partial charge >= 0.3 is 6.18 Å². The van der Waals surface area contributed by atoms with E-state index < -0.39 is 24.2 Å². The van der Waals surface area contributed by atoms with Gasteiger partial charge in [0.05, 0.1) is 10.5 Å². The average Bonchev–Trinajstić information content (AvgIpc) is 3.19. The molecule has 0 saturated heterocycles. The zero-order chi connectivity index (χ0) is 18.2. The Balaban J connectivity index is 2.00. The summed E-state index contributed by atoms with van der Waals surface area (Å²) in [5.74, 6) is -0.320. The van der Waals surface area contributed by atoms with Crippen molar-refractivity contribution in [2.75, 3.05) is 11.9 Å². The van der Waals surface area contributed by atoms with Gasteiger partial charge in [0.1, 0.15) is 5.82 Å². The Bertz CT molecular complexity index is 760. The zero-order valence-electron chi connectivity index (χ0n) is 13.2. The van der Waals surface area contributed by atoms with Crippen LogP contribution in [0.3, 0.4) is 0 Å². The van der Waals surface area contributed by atoms with Crippen LogP contribution >= 0.6 is 27.3 Å². The third-order valence-electron chi connectivity index (χ3n) is 3.93. The molecule has 1 aliphatic rings. The summed E-state index contributed by atoms with van der Waals surface area (Å²) in [6, 6.07) is 1.32. The normalized spacial score (nSPS) is 20.0. The van der Waals surface area contributed by atoms with Crippen molar-refractivity contribution < 1.29 is 18.0 Å². The summed E-state index contributed by atoms with van der Waals surface area (Å²) in [7, 11) is 0. The van der Waals surface area contributed by atoms with Crippen LogP contribution in [0.25, 0.3) is 0 Å². The van der Waals surface area contributed by atoms with E-state index in [0.717, 1.165) is 16.0 Å². The van der Waals surface area contributed by atoms with Crippen molar-refractivity contribution in [1.82, 2.24) is 15.1 Å². The number of rotatable bonds is 4. The fourth-order valence-electron chi connectivity index (χ4n) is 2.73. The number of anilines is 1. The number of thiophene rings is 1. The SMILES string of the molecule is CCCNC(=O)c1nn2c(c1Br)N[C@H](c1cccs1)C[C@@H]2C(F)(F)F. The number of fused-ring (bicyclic) bond motifs is 1. The zero-order valence-corrected chi connectivity index (χ0v) is 15.6. The first-order valence-corrected chi connectivity index (χ1v) is 9.43. The van der Waals surface area contributed by atoms with E-state index >= 15 is 0 Å². The lowest BCUT2D eigenvalue weighted by molar-refractivity contribution is -0.173. The molecule has 0 saturated carbocycles. The van der Waals surface area contributed by atoms with Gasteiger partial charge < -0.3 is 10.6 Å². The number of hydrogen-bond donors (Lipinski definition) is 2. The fourth-order valence-corrected chi connectivity index (χ4v) is 4.08. The third-order valence-corrected chi connectivity index (χ3v) is 5.67. The fraction of sp³-hybridized carbons (Fsp3) is 0.467. The van der Waals surface area contributed by atoms with Crippen LogP contribution in [-0.4, -0.2) is 28.4 Å². The average molecular weight is 437 g/mol. The topological polar surface area (TPSA) is 59.0 Å². The molecule has 0 aromatic carbocycles. The number of carbonyl (C=O) groups is 1. The van der Waals surface area contributed by atoms with E-state index in [1.54, 1.807) is 12.1 Å². The molecule has 3 heterocycles. The summed E-state index contributed by atoms with van der Waals surface area (Å²) in [5, 5.41) is 11.5. The Labute approximate surface area is 154 Å². The number of alkyl halides is 3. The van der Waals surface area contributed by atoms with Gasteiger partial charge in [-0.25, -0.2) is 4.68 Å². The Morgan fingerprint density at radius 2 is 2.32 bits per heavy atom. The second kappa shape index (κ2) is 6.99. The number of halogens is 4. The van der Waals surface area contributed by atoms with Crippen molar-refractivity contribution in [3.63, 3.8) is 0 Å². The minimum absolute atomic E-state index is 0.0444. The first-order valence-electron chi connectivity index (χ1n) is 7.75. The predicted octanol–water partition coefficient (Wildman–Crippen LogP) is 4.51. The van der Waals surface area contributed by atoms with Crippen LogP contribution in [0.1, 0.15) is 47.2 Å². The standard InChI is InChI=1S/C15H16BrF3N4OS/c1-2-5-20-14(24)12-11(16)13-21-8(9-4-3-6-25-9)7-10(15(17,18)19)23(13)22-12/h3-4,6,8,10,21H,2,5,7H2,1H3,(H,20,24)/t8-,10+/m0/s1. The molecule has 2 N–H and O–H groups in total. The van der Waals surface area contributed by atoms with Crippen LogP contribution in [0.4, 0.5) is 19.0 Å². The molecule has 136 valence electrons. The van der Waals surface area contributed by atoms with Gasteiger partial charge in [-0.1, -0.05) is 13.0 Å². The molecule has 0 spiro atoms. The molecule has 2 aromatic heterocycles. The number of hydrogen-bond acceptors (Lipinski definition) is 4. The van der Waals surface area contributed by atoms with Gasteiger partial charge in [-0.2, -0.15) is 18.3 Å². The molecule has 0 radical (unpaired) electrons. The Hall–Kier alpha value is -1.55. The number of amides is 1. The van der Waals surface area contributed by atoms with E-state index in [0.29, 0.717) is 6.54 Å². The van der Waals surface area contributed by atoms with Crippen LogP contribution in [0.5, 0.6) is 0 Å². The lowest BCUT2D eigenvalue weighted by Gasteiger charge is -2.33. The summed E-state index contributed by atoms with van der Waals surface area (Å²) in [6.07, 6.45) is -3.92. The molecule has 1 amide bonds. The molecule has 2 atom stereocenters. The number of nitrogens with zero attached hydrogens (tertiary/aromatic N) is 2. The predicted molar refractivity (Wildman–Crippen MR) is 92.9 cm³/mol. The first kappa shape index (κ1) is 18.2. The lowest BCUT2D eigenvalue weighted by atomic mass is 10.0. The van der Waals surface area contributed by atoms with Crippen molar-refractivity contribution in [3.8, 4) is 0 Å². The molecule has 2 aromatic rings. The molecule has 5 nitrogen and oxygen atoms in total. The molecule has 3 rings (SSSR count). The van der Waals surface area contributed by atoms with Crippen molar-refractivity contribution in [2.45, 2.75) is 38.0 Å². The van der Waals surface area contributed by atoms with Gasteiger partial charge in [-0.15, -0.1) is 11.3 Å². The third kappa shape index (κ3) is 3.55. The summed E-state index contributed by atoms with van der Waals surface area (Å²) in [5.41, 5.74) is -0.0444. The van der Waals surface area contributed by atoms with Gasteiger partial charge in [-0.3, -0.25) is 4.79 Å². The van der Waals surface area contributed by atoms with Crippen LogP contribution in [0.15, 0.2) is 22.0 Å². The minimum Gasteiger partial charge on any atom is -0.362 e. The van der Waals surface area contributed by atoms with Crippen molar-refractivity contribution in [2.24, 2.45) is 0 Å². The van der Waals surface area contributed by atoms with Crippen LogP contribution < -0.4 is 10.6 Å². The van der Waals surface area contributed by atoms with Crippen LogP contribution in [0, 0.1) is 0 Å². The second-order valence-electron chi connectivity index (χ2n) is 5.72. The van der Waals surface area contributed by atoms with Crippen LogP contribution in [-0.2, 0) is 0 Å². The minimum atomic E-state index is -4.46. The summed E-state index contributed by atoms with van der Waals surface area (Å²) < 4.78 is 41.9. The Kier molecular flexibility index (Phi) is 5.10. The Morgan fingerprint density at radius 1 is 1.56 bits per heavy atom. The van der Waals surface area contributed by atoms with Crippen molar-refractivity contribution in [1.29, 1.82) is 0 Å². The summed E-state index contributed by atoms with van der Waals surface area (Å²) in [4.78, 5) is 13.0. The maximum Gasteiger partial charge on any atom is 0.410 e. The largest absolute Gasteiger partial charge is 0.410 e. The second-order valence-corrected chi connectivity index (χ2v) is 7.49. The lowest BCUT2D eigenvalue weighted by Crippen LogP contribution is -2.35. The highest BCUT2D eigenvalue weighted by molar-refractivity contribution is 9.10. The van der Waals surface area contributed by atoms with Gasteiger partial charge in [0.25, 0.3) is 5.91 Å². The quantitative estimate of drug-likeness (QED) is 0.741. The highest BCUT2D eigenvalue weighted by Gasteiger charge is 2.47. The van der Waals surface area contributed by atoms with E-state index in [4.69, 9.17) is 0 Å². The molecule has 25 heavy (non-hydrogen) atoms. The van der Waals surface area contributed by atoms with Gasteiger partial charge in [-0.05, 0) is 33.8 Å². The maximum absolute atomic E-state index is 13.6. The first-order chi connectivity index (χ1) is 11.8. The molecule has 10 heteroatoms. The molecular formula is C15H16BrF3N4OS. The maximum atomic E-state index is 13.6. The highest BCUT2D eigenvalue weighted by Crippen LogP contribution is 2.46.